The van der Waals surface area contributed by atoms with Crippen molar-refractivity contribution in [3.8, 4) is 0 Å². The van der Waals surface area contributed by atoms with Crippen LogP contribution in [0.1, 0.15) is 10.4 Å². The van der Waals surface area contributed by atoms with E-state index < -0.39 is 6.10 Å². The van der Waals surface area contributed by atoms with Gasteiger partial charge in [0.25, 0.3) is 5.91 Å². The lowest BCUT2D eigenvalue weighted by Crippen LogP contribution is -2.44. The Kier molecular flexibility index (Phi) is 3.40. The van der Waals surface area contributed by atoms with Gasteiger partial charge < -0.3 is 15.3 Å². The maximum atomic E-state index is 12.7. The molecule has 2 rings (SSSR count). The zero-order chi connectivity index (χ0) is 12.4. The second-order valence-corrected chi connectivity index (χ2v) is 4.22. The van der Waals surface area contributed by atoms with E-state index in [0.29, 0.717) is 18.7 Å². The van der Waals surface area contributed by atoms with Crippen LogP contribution < -0.4 is 5.32 Å². The number of hydrogen-bond acceptors (Lipinski definition) is 3. The van der Waals surface area contributed by atoms with Gasteiger partial charge in [-0.1, -0.05) is 0 Å². The van der Waals surface area contributed by atoms with Crippen LogP contribution >= 0.6 is 0 Å². The van der Waals surface area contributed by atoms with Crippen molar-refractivity contribution in [3.63, 3.8) is 0 Å². The first-order valence-corrected chi connectivity index (χ1v) is 5.51. The van der Waals surface area contributed by atoms with Gasteiger partial charge in [-0.25, -0.2) is 4.39 Å². The summed E-state index contributed by atoms with van der Waals surface area (Å²) in [5.74, 6) is -0.579. The number of aliphatic hydroxyl groups is 1. The average Bonchev–Trinajstić information content (AvgIpc) is 2.74. The predicted octanol–water partition coefficient (Wildman–Crippen LogP) is 0.230. The van der Waals surface area contributed by atoms with Gasteiger partial charge in [-0.2, -0.15) is 0 Å². The largest absolute Gasteiger partial charge is 0.390 e. The molecule has 1 saturated heterocycles. The second kappa shape index (κ2) is 4.81. The number of aliphatic hydroxyl groups excluding tert-OH is 1. The van der Waals surface area contributed by atoms with Crippen LogP contribution in [0.15, 0.2) is 24.3 Å². The number of β-amino-alcohol motifs (C(OH)–C–C–N with tert-alkyl or cyclic N) is 1. The van der Waals surface area contributed by atoms with E-state index >= 15 is 0 Å². The van der Waals surface area contributed by atoms with Crippen LogP contribution in [-0.2, 0) is 0 Å². The van der Waals surface area contributed by atoms with E-state index in [-0.39, 0.29) is 17.8 Å². The van der Waals surface area contributed by atoms with Crippen LogP contribution in [0.3, 0.4) is 0 Å². The third-order valence-corrected chi connectivity index (χ3v) is 3.06. The number of amides is 1. The van der Waals surface area contributed by atoms with Gasteiger partial charge in [-0.15, -0.1) is 0 Å². The van der Waals surface area contributed by atoms with Crippen molar-refractivity contribution in [1.29, 1.82) is 0 Å². The molecule has 17 heavy (non-hydrogen) atoms. The molecular weight excluding hydrogens is 223 g/mol. The van der Waals surface area contributed by atoms with Crippen LogP contribution in [0.2, 0.25) is 0 Å². The summed E-state index contributed by atoms with van der Waals surface area (Å²) in [4.78, 5) is 13.6. The monoisotopic (exact) mass is 238 g/mol. The van der Waals surface area contributed by atoms with Crippen LogP contribution in [-0.4, -0.2) is 48.2 Å². The first-order valence-electron chi connectivity index (χ1n) is 5.51. The van der Waals surface area contributed by atoms with Gasteiger partial charge in [0.05, 0.1) is 12.1 Å². The van der Waals surface area contributed by atoms with Crippen molar-refractivity contribution < 1.29 is 14.3 Å². The van der Waals surface area contributed by atoms with E-state index in [1.165, 1.54) is 29.2 Å². The summed E-state index contributed by atoms with van der Waals surface area (Å²) in [6, 6.07) is 5.17. The van der Waals surface area contributed by atoms with Crippen LogP contribution in [0.4, 0.5) is 4.39 Å². The van der Waals surface area contributed by atoms with E-state index in [9.17, 15) is 14.3 Å². The second-order valence-electron chi connectivity index (χ2n) is 4.22. The molecule has 4 nitrogen and oxygen atoms in total. The summed E-state index contributed by atoms with van der Waals surface area (Å²) in [6.07, 6.45) is -0.551. The Balaban J connectivity index is 2.11. The number of carbonyl (C=O) groups is 1. The maximum Gasteiger partial charge on any atom is 0.253 e. The highest BCUT2D eigenvalue weighted by Crippen LogP contribution is 2.12. The molecule has 0 aliphatic carbocycles. The highest BCUT2D eigenvalue weighted by atomic mass is 19.1. The van der Waals surface area contributed by atoms with Crippen LogP contribution in [0.5, 0.6) is 0 Å². The van der Waals surface area contributed by atoms with E-state index in [0.717, 1.165) is 0 Å². The fourth-order valence-corrected chi connectivity index (χ4v) is 1.99. The molecule has 1 heterocycles. The first kappa shape index (κ1) is 12.0. The molecule has 1 aromatic rings. The molecule has 1 amide bonds. The van der Waals surface area contributed by atoms with E-state index in [4.69, 9.17) is 0 Å². The van der Waals surface area contributed by atoms with Gasteiger partial charge in [0.1, 0.15) is 5.82 Å². The molecule has 5 heteroatoms. The minimum absolute atomic E-state index is 0.210. The van der Waals surface area contributed by atoms with Gasteiger partial charge in [0.15, 0.2) is 0 Å². The number of rotatable bonds is 2. The Labute approximate surface area is 99.0 Å². The molecule has 2 atom stereocenters. The molecule has 0 bridgehead atoms. The molecule has 92 valence electrons. The summed E-state index contributed by atoms with van der Waals surface area (Å²) >= 11 is 0. The molecule has 2 N–H and O–H groups in total. The number of nitrogens with zero attached hydrogens (tertiary/aromatic N) is 1. The number of likely N-dealkylation sites (N-methyl/N-ethyl adjacent to an activating group) is 1. The van der Waals surface area contributed by atoms with Crippen molar-refractivity contribution in [2.45, 2.75) is 12.1 Å². The summed E-state index contributed by atoms with van der Waals surface area (Å²) in [5, 5.41) is 12.7. The molecule has 0 saturated carbocycles. The molecule has 1 fully saturated rings. The zero-order valence-corrected chi connectivity index (χ0v) is 9.56. The molecule has 1 aromatic carbocycles. The van der Waals surface area contributed by atoms with Crippen LogP contribution in [0.25, 0.3) is 0 Å². The fourth-order valence-electron chi connectivity index (χ4n) is 1.99. The molecule has 0 aromatic heterocycles. The van der Waals surface area contributed by atoms with Gasteiger partial charge in [0.2, 0.25) is 0 Å². The SMILES string of the molecule is CN(C(=O)c1ccc(F)cc1)[C@@H]1CNC[C@H]1O. The Hall–Kier alpha value is -1.46. The summed E-state index contributed by atoms with van der Waals surface area (Å²) < 4.78 is 12.7. The lowest BCUT2D eigenvalue weighted by molar-refractivity contribution is 0.0581. The van der Waals surface area contributed by atoms with Crippen molar-refractivity contribution in [2.24, 2.45) is 0 Å². The highest BCUT2D eigenvalue weighted by molar-refractivity contribution is 5.94. The van der Waals surface area contributed by atoms with Gasteiger partial charge in [0, 0.05) is 25.7 Å². The van der Waals surface area contributed by atoms with E-state index in [1.807, 2.05) is 0 Å². The third-order valence-electron chi connectivity index (χ3n) is 3.06. The Bertz CT molecular complexity index is 407. The topological polar surface area (TPSA) is 52.6 Å². The van der Waals surface area contributed by atoms with Crippen molar-refractivity contribution in [2.75, 3.05) is 20.1 Å². The zero-order valence-electron chi connectivity index (χ0n) is 9.56. The van der Waals surface area contributed by atoms with Crippen molar-refractivity contribution in [3.05, 3.63) is 35.6 Å². The molecule has 1 aliphatic heterocycles. The first-order chi connectivity index (χ1) is 8.09. The standard InChI is InChI=1S/C12H15FN2O2/c1-15(10-6-14-7-11(10)16)12(17)8-2-4-9(13)5-3-8/h2-5,10-11,14,16H,6-7H2,1H3/t10-,11-/m1/s1. The molecule has 0 spiro atoms. The Morgan fingerprint density at radius 1 is 1.41 bits per heavy atom. The Morgan fingerprint density at radius 2 is 2.06 bits per heavy atom. The Morgan fingerprint density at radius 3 is 2.59 bits per heavy atom. The van der Waals surface area contributed by atoms with E-state index in [2.05, 4.69) is 5.32 Å². The quantitative estimate of drug-likeness (QED) is 0.775. The third kappa shape index (κ3) is 2.45. The number of carbonyl (C=O) groups excluding carboxylic acids is 1. The number of benzene rings is 1. The summed E-state index contributed by atoms with van der Waals surface area (Å²) in [6.45, 7) is 1.07. The minimum atomic E-state index is -0.551. The molecule has 0 unspecified atom stereocenters. The summed E-state index contributed by atoms with van der Waals surface area (Å²) in [7, 11) is 1.65. The van der Waals surface area contributed by atoms with Gasteiger partial charge in [-0.05, 0) is 24.3 Å². The molecule has 1 aliphatic rings. The van der Waals surface area contributed by atoms with Gasteiger partial charge >= 0.3 is 0 Å². The maximum absolute atomic E-state index is 12.7. The molecule has 0 radical (unpaired) electrons. The van der Waals surface area contributed by atoms with E-state index in [1.54, 1.807) is 7.05 Å². The van der Waals surface area contributed by atoms with Crippen molar-refractivity contribution in [1.82, 2.24) is 10.2 Å². The molecular formula is C12H15FN2O2. The van der Waals surface area contributed by atoms with Crippen molar-refractivity contribution >= 4 is 5.91 Å². The normalized spacial score (nSPS) is 23.7. The smallest absolute Gasteiger partial charge is 0.253 e. The lowest BCUT2D eigenvalue weighted by Gasteiger charge is -2.26. The predicted molar refractivity (Wildman–Crippen MR) is 61.2 cm³/mol. The fraction of sp³-hybridized carbons (Fsp3) is 0.417. The lowest BCUT2D eigenvalue weighted by atomic mass is 10.1. The summed E-state index contributed by atoms with van der Waals surface area (Å²) in [5.41, 5.74) is 0.424. The number of halogens is 1. The van der Waals surface area contributed by atoms with Crippen LogP contribution in [0, 0.1) is 5.82 Å². The minimum Gasteiger partial charge on any atom is -0.390 e. The number of hydrogen-bond donors (Lipinski definition) is 2. The van der Waals surface area contributed by atoms with Gasteiger partial charge in [-0.3, -0.25) is 4.79 Å². The average molecular weight is 238 g/mol. The highest BCUT2D eigenvalue weighted by Gasteiger charge is 2.31. The number of nitrogens with one attached hydrogen (secondary N) is 1.